The van der Waals surface area contributed by atoms with Crippen LogP contribution in [0.2, 0.25) is 0 Å². The molecule has 1 aromatic heterocycles. The Labute approximate surface area is 149 Å². The van der Waals surface area contributed by atoms with Gasteiger partial charge in [0.05, 0.1) is 17.2 Å². The van der Waals surface area contributed by atoms with Crippen molar-refractivity contribution in [1.29, 1.82) is 0 Å². The lowest BCUT2D eigenvalue weighted by Crippen LogP contribution is -2.47. The number of halogens is 1. The summed E-state index contributed by atoms with van der Waals surface area (Å²) in [6.45, 7) is 3.05. The summed E-state index contributed by atoms with van der Waals surface area (Å²) in [5.41, 5.74) is -0.181. The molecule has 3 rings (SSSR count). The molecule has 138 valence electrons. The van der Waals surface area contributed by atoms with Gasteiger partial charge in [0.25, 0.3) is 0 Å². The van der Waals surface area contributed by atoms with Crippen molar-refractivity contribution in [2.75, 3.05) is 49.5 Å². The van der Waals surface area contributed by atoms with E-state index >= 15 is 0 Å². The van der Waals surface area contributed by atoms with Crippen LogP contribution in [-0.4, -0.2) is 64.2 Å². The Morgan fingerprint density at radius 1 is 1.23 bits per heavy atom. The quantitative estimate of drug-likeness (QED) is 0.586. The van der Waals surface area contributed by atoms with E-state index in [0.717, 1.165) is 0 Å². The molecule has 0 aliphatic carbocycles. The Morgan fingerprint density at radius 3 is 2.62 bits per heavy atom. The molecule has 0 unspecified atom stereocenters. The largest absolute Gasteiger partial charge is 0.395 e. The first-order chi connectivity index (χ1) is 12.6. The summed E-state index contributed by atoms with van der Waals surface area (Å²) < 4.78 is 13.9. The van der Waals surface area contributed by atoms with Gasteiger partial charge in [-0.1, -0.05) is 12.1 Å². The molecular weight excluding hydrogens is 343 g/mol. The molecule has 0 bridgehead atoms. The van der Waals surface area contributed by atoms with Crippen molar-refractivity contribution < 1.29 is 14.4 Å². The highest BCUT2D eigenvalue weighted by atomic mass is 19.1. The normalized spacial score (nSPS) is 15.1. The van der Waals surface area contributed by atoms with Crippen LogP contribution < -0.4 is 10.2 Å². The molecule has 1 aliphatic heterocycles. The standard InChI is InChI=1S/C16H19FN6O3/c17-12-3-1-2-4-13(12)20-15-14(23(25)26)16(19-11-18-15)22-7-5-21(6-8-22)9-10-24/h1-4,11,24H,5-10H2,(H,18,19,20). The summed E-state index contributed by atoms with van der Waals surface area (Å²) in [6.07, 6.45) is 1.23. The van der Waals surface area contributed by atoms with Crippen molar-refractivity contribution in [1.82, 2.24) is 14.9 Å². The predicted molar refractivity (Wildman–Crippen MR) is 94.1 cm³/mol. The minimum absolute atomic E-state index is 0.0529. The smallest absolute Gasteiger partial charge is 0.353 e. The van der Waals surface area contributed by atoms with Gasteiger partial charge in [-0.2, -0.15) is 0 Å². The maximum absolute atomic E-state index is 13.9. The second kappa shape index (κ2) is 8.02. The van der Waals surface area contributed by atoms with Gasteiger partial charge in [0.1, 0.15) is 12.1 Å². The van der Waals surface area contributed by atoms with Crippen LogP contribution in [0.15, 0.2) is 30.6 Å². The number of hydrogen-bond acceptors (Lipinski definition) is 8. The van der Waals surface area contributed by atoms with Gasteiger partial charge in [0, 0.05) is 32.7 Å². The van der Waals surface area contributed by atoms with Crippen LogP contribution in [0.5, 0.6) is 0 Å². The number of aliphatic hydroxyl groups is 1. The third-order valence-electron chi connectivity index (χ3n) is 4.20. The summed E-state index contributed by atoms with van der Waals surface area (Å²) in [7, 11) is 0. The van der Waals surface area contributed by atoms with Crippen LogP contribution in [0, 0.1) is 15.9 Å². The van der Waals surface area contributed by atoms with E-state index in [1.807, 2.05) is 0 Å². The fourth-order valence-corrected chi connectivity index (χ4v) is 2.88. The molecule has 0 atom stereocenters. The summed E-state index contributed by atoms with van der Waals surface area (Å²) in [5, 5.41) is 23.4. The SMILES string of the molecule is O=[N+]([O-])c1c(Nc2ccccc2F)ncnc1N1CCN(CCO)CC1. The van der Waals surface area contributed by atoms with Crippen LogP contribution in [-0.2, 0) is 0 Å². The van der Waals surface area contributed by atoms with E-state index < -0.39 is 10.7 Å². The van der Waals surface area contributed by atoms with Gasteiger partial charge in [-0.05, 0) is 12.1 Å². The van der Waals surface area contributed by atoms with E-state index in [0.29, 0.717) is 32.7 Å². The molecule has 2 aromatic rings. The number of benzene rings is 1. The van der Waals surface area contributed by atoms with E-state index in [1.165, 1.54) is 24.5 Å². The molecule has 9 nitrogen and oxygen atoms in total. The van der Waals surface area contributed by atoms with Crippen molar-refractivity contribution in [3.63, 3.8) is 0 Å². The van der Waals surface area contributed by atoms with Gasteiger partial charge in [-0.3, -0.25) is 15.0 Å². The van der Waals surface area contributed by atoms with Crippen LogP contribution in [0.1, 0.15) is 0 Å². The zero-order chi connectivity index (χ0) is 18.5. The Hall–Kier alpha value is -2.85. The van der Waals surface area contributed by atoms with E-state index in [2.05, 4.69) is 20.2 Å². The van der Waals surface area contributed by atoms with Crippen molar-refractivity contribution in [2.24, 2.45) is 0 Å². The summed E-state index contributed by atoms with van der Waals surface area (Å²) in [6, 6.07) is 5.90. The number of aliphatic hydroxyl groups excluding tert-OH is 1. The molecule has 0 radical (unpaired) electrons. The number of anilines is 3. The summed E-state index contributed by atoms with van der Waals surface area (Å²) in [5.74, 6) is -0.380. The number of hydrogen-bond donors (Lipinski definition) is 2. The van der Waals surface area contributed by atoms with Crippen LogP contribution in [0.25, 0.3) is 0 Å². The van der Waals surface area contributed by atoms with Gasteiger partial charge in [-0.15, -0.1) is 0 Å². The molecule has 0 spiro atoms. The number of rotatable bonds is 6. The zero-order valence-electron chi connectivity index (χ0n) is 14.0. The van der Waals surface area contributed by atoms with Gasteiger partial charge < -0.3 is 15.3 Å². The number of piperazine rings is 1. The first-order valence-electron chi connectivity index (χ1n) is 8.19. The lowest BCUT2D eigenvalue weighted by molar-refractivity contribution is -0.383. The minimum atomic E-state index is -0.557. The predicted octanol–water partition coefficient (Wildman–Crippen LogP) is 1.38. The first-order valence-corrected chi connectivity index (χ1v) is 8.19. The van der Waals surface area contributed by atoms with E-state index in [1.54, 1.807) is 11.0 Å². The van der Waals surface area contributed by atoms with Crippen molar-refractivity contribution >= 4 is 23.0 Å². The third-order valence-corrected chi connectivity index (χ3v) is 4.20. The molecule has 1 saturated heterocycles. The van der Waals surface area contributed by atoms with Crippen molar-refractivity contribution in [3.05, 3.63) is 46.5 Å². The summed E-state index contributed by atoms with van der Waals surface area (Å²) >= 11 is 0. The number of para-hydroxylation sites is 1. The molecular formula is C16H19FN6O3. The average Bonchev–Trinajstić information content (AvgIpc) is 2.64. The lowest BCUT2D eigenvalue weighted by Gasteiger charge is -2.34. The number of aromatic nitrogens is 2. The highest BCUT2D eigenvalue weighted by Crippen LogP contribution is 2.34. The van der Waals surface area contributed by atoms with E-state index in [9.17, 15) is 14.5 Å². The fraction of sp³-hybridized carbons (Fsp3) is 0.375. The highest BCUT2D eigenvalue weighted by molar-refractivity contribution is 5.74. The Kier molecular flexibility index (Phi) is 5.54. The first kappa shape index (κ1) is 18.0. The molecule has 2 N–H and O–H groups in total. The number of nitrogens with one attached hydrogen (secondary N) is 1. The van der Waals surface area contributed by atoms with Gasteiger partial charge in [-0.25, -0.2) is 14.4 Å². The Balaban J connectivity index is 1.88. The molecule has 0 amide bonds. The van der Waals surface area contributed by atoms with Gasteiger partial charge >= 0.3 is 5.69 Å². The Bertz CT molecular complexity index is 782. The van der Waals surface area contributed by atoms with Crippen molar-refractivity contribution in [3.8, 4) is 0 Å². The monoisotopic (exact) mass is 362 g/mol. The number of nitro groups is 1. The third kappa shape index (κ3) is 3.86. The van der Waals surface area contributed by atoms with Gasteiger partial charge in [0.15, 0.2) is 0 Å². The van der Waals surface area contributed by atoms with Gasteiger partial charge in [0.2, 0.25) is 11.6 Å². The maximum atomic E-state index is 13.9. The molecule has 1 aromatic carbocycles. The van der Waals surface area contributed by atoms with Crippen LogP contribution >= 0.6 is 0 Å². The molecule has 0 saturated carbocycles. The number of nitrogens with zero attached hydrogens (tertiary/aromatic N) is 5. The average molecular weight is 362 g/mol. The second-order valence-electron chi connectivity index (χ2n) is 5.81. The zero-order valence-corrected chi connectivity index (χ0v) is 14.0. The van der Waals surface area contributed by atoms with E-state index in [-0.39, 0.29) is 29.6 Å². The van der Waals surface area contributed by atoms with Crippen LogP contribution in [0.3, 0.4) is 0 Å². The molecule has 26 heavy (non-hydrogen) atoms. The number of β-amino-alcohol motifs (C(OH)–C–C–N with tert-alkyl or cyclic N) is 1. The van der Waals surface area contributed by atoms with E-state index in [4.69, 9.17) is 5.11 Å². The summed E-state index contributed by atoms with van der Waals surface area (Å²) in [4.78, 5) is 23.0. The minimum Gasteiger partial charge on any atom is -0.395 e. The van der Waals surface area contributed by atoms with Crippen LogP contribution in [0.4, 0.5) is 27.4 Å². The maximum Gasteiger partial charge on any atom is 0.353 e. The molecule has 10 heteroatoms. The lowest BCUT2D eigenvalue weighted by atomic mass is 10.2. The molecule has 1 fully saturated rings. The highest BCUT2D eigenvalue weighted by Gasteiger charge is 2.29. The van der Waals surface area contributed by atoms with Crippen molar-refractivity contribution in [2.45, 2.75) is 0 Å². The Morgan fingerprint density at radius 2 is 1.96 bits per heavy atom. The molecule has 1 aliphatic rings. The molecule has 2 heterocycles. The topological polar surface area (TPSA) is 108 Å². The second-order valence-corrected chi connectivity index (χ2v) is 5.81. The fourth-order valence-electron chi connectivity index (χ4n) is 2.88.